The molecule has 0 spiro atoms. The summed E-state index contributed by atoms with van der Waals surface area (Å²) in [6, 6.07) is 11.2. The number of rotatable bonds is 5. The Morgan fingerprint density at radius 2 is 1.95 bits per heavy atom. The van der Waals surface area contributed by atoms with Crippen LogP contribution < -0.4 is 0 Å². The van der Waals surface area contributed by atoms with Crippen LogP contribution in [0.1, 0.15) is 34.1 Å². The molecule has 1 heterocycles. The van der Waals surface area contributed by atoms with Gasteiger partial charge >= 0.3 is 5.97 Å². The number of aliphatic hydroxyl groups is 1. The van der Waals surface area contributed by atoms with Gasteiger partial charge in [-0.25, -0.2) is 4.79 Å². The molecule has 0 radical (unpaired) electrons. The molecule has 0 bridgehead atoms. The number of thiophene rings is 1. The minimum atomic E-state index is -1.12. The molecule has 1 unspecified atom stereocenters. The second-order valence-corrected chi connectivity index (χ2v) is 5.43. The SMILES string of the molecule is CCC(O)(Cc1ccccc1)c1sccc1C(=O)O. The predicted octanol–water partition coefficient (Wildman–Crippen LogP) is 3.29. The van der Waals surface area contributed by atoms with Gasteiger partial charge < -0.3 is 10.2 Å². The molecule has 2 rings (SSSR count). The topological polar surface area (TPSA) is 57.5 Å². The first-order chi connectivity index (χ1) is 9.07. The maximum Gasteiger partial charge on any atom is 0.336 e. The van der Waals surface area contributed by atoms with Crippen molar-refractivity contribution < 1.29 is 15.0 Å². The monoisotopic (exact) mass is 276 g/mol. The van der Waals surface area contributed by atoms with E-state index in [4.69, 9.17) is 0 Å². The molecule has 0 fully saturated rings. The zero-order valence-electron chi connectivity index (χ0n) is 10.7. The van der Waals surface area contributed by atoms with Crippen LogP contribution in [0, 0.1) is 0 Å². The number of carboxylic acids is 1. The Morgan fingerprint density at radius 1 is 1.26 bits per heavy atom. The molecule has 2 N–H and O–H groups in total. The second-order valence-electron chi connectivity index (χ2n) is 4.52. The smallest absolute Gasteiger partial charge is 0.336 e. The third-order valence-corrected chi connectivity index (χ3v) is 4.35. The van der Waals surface area contributed by atoms with Crippen molar-refractivity contribution in [2.45, 2.75) is 25.4 Å². The summed E-state index contributed by atoms with van der Waals surface area (Å²) in [5.74, 6) is -0.990. The largest absolute Gasteiger partial charge is 0.478 e. The highest BCUT2D eigenvalue weighted by Gasteiger charge is 2.33. The normalized spacial score (nSPS) is 14.0. The van der Waals surface area contributed by atoms with E-state index in [1.165, 1.54) is 11.3 Å². The van der Waals surface area contributed by atoms with Crippen molar-refractivity contribution >= 4 is 17.3 Å². The summed E-state index contributed by atoms with van der Waals surface area (Å²) >= 11 is 1.30. The summed E-state index contributed by atoms with van der Waals surface area (Å²) in [5.41, 5.74) is 0.0744. The molecule has 0 saturated heterocycles. The van der Waals surface area contributed by atoms with Gasteiger partial charge in [0.15, 0.2) is 0 Å². The summed E-state index contributed by atoms with van der Waals surface area (Å²) in [6.07, 6.45) is 0.897. The van der Waals surface area contributed by atoms with Crippen LogP contribution in [0.25, 0.3) is 0 Å². The van der Waals surface area contributed by atoms with E-state index in [0.29, 0.717) is 17.7 Å². The molecule has 3 nitrogen and oxygen atoms in total. The Kier molecular flexibility index (Phi) is 4.02. The zero-order valence-corrected chi connectivity index (χ0v) is 11.5. The van der Waals surface area contributed by atoms with Crippen LogP contribution in [0.15, 0.2) is 41.8 Å². The van der Waals surface area contributed by atoms with Gasteiger partial charge in [-0.3, -0.25) is 0 Å². The van der Waals surface area contributed by atoms with E-state index in [1.807, 2.05) is 37.3 Å². The average molecular weight is 276 g/mol. The molecule has 0 saturated carbocycles. The fourth-order valence-corrected chi connectivity index (χ4v) is 3.20. The van der Waals surface area contributed by atoms with E-state index in [1.54, 1.807) is 11.4 Å². The van der Waals surface area contributed by atoms with Crippen molar-refractivity contribution in [2.24, 2.45) is 0 Å². The van der Waals surface area contributed by atoms with E-state index in [9.17, 15) is 15.0 Å². The van der Waals surface area contributed by atoms with Crippen molar-refractivity contribution in [3.05, 3.63) is 57.8 Å². The standard InChI is InChI=1S/C15H16O3S/c1-2-15(18,10-11-6-4-3-5-7-11)13-12(14(16)17)8-9-19-13/h3-9,18H,2,10H2,1H3,(H,16,17). The number of aromatic carboxylic acids is 1. The Labute approximate surface area is 116 Å². The third kappa shape index (κ3) is 2.85. The van der Waals surface area contributed by atoms with Gasteiger partial charge in [0.2, 0.25) is 0 Å². The number of carbonyl (C=O) groups is 1. The maximum atomic E-state index is 11.2. The van der Waals surface area contributed by atoms with Crippen LogP contribution in [0.3, 0.4) is 0 Å². The summed E-state index contributed by atoms with van der Waals surface area (Å²) in [7, 11) is 0. The number of benzene rings is 1. The van der Waals surface area contributed by atoms with E-state index < -0.39 is 11.6 Å². The molecule has 0 aliphatic carbocycles. The molecule has 100 valence electrons. The molecule has 2 aromatic rings. The van der Waals surface area contributed by atoms with E-state index in [0.717, 1.165) is 5.56 Å². The van der Waals surface area contributed by atoms with Crippen LogP contribution in [0.2, 0.25) is 0 Å². The first-order valence-corrected chi connectivity index (χ1v) is 7.02. The lowest BCUT2D eigenvalue weighted by Gasteiger charge is -2.26. The summed E-state index contributed by atoms with van der Waals surface area (Å²) < 4.78 is 0. The van der Waals surface area contributed by atoms with Crippen LogP contribution >= 0.6 is 11.3 Å². The van der Waals surface area contributed by atoms with Crippen molar-refractivity contribution in [1.29, 1.82) is 0 Å². The first-order valence-electron chi connectivity index (χ1n) is 6.14. The minimum absolute atomic E-state index is 0.199. The van der Waals surface area contributed by atoms with Gasteiger partial charge in [0, 0.05) is 6.42 Å². The van der Waals surface area contributed by atoms with Crippen molar-refractivity contribution in [1.82, 2.24) is 0 Å². The number of hydrogen-bond acceptors (Lipinski definition) is 3. The lowest BCUT2D eigenvalue weighted by atomic mass is 9.88. The van der Waals surface area contributed by atoms with Crippen molar-refractivity contribution in [3.8, 4) is 0 Å². The van der Waals surface area contributed by atoms with Crippen LogP contribution in [0.5, 0.6) is 0 Å². The van der Waals surface area contributed by atoms with Crippen molar-refractivity contribution in [2.75, 3.05) is 0 Å². The summed E-state index contributed by atoms with van der Waals surface area (Å²) in [5, 5.41) is 21.7. The first kappa shape index (κ1) is 13.8. The summed E-state index contributed by atoms with van der Waals surface area (Å²) in [6.45, 7) is 1.87. The third-order valence-electron chi connectivity index (χ3n) is 3.24. The number of carboxylic acid groups (broad SMARTS) is 1. The second kappa shape index (κ2) is 5.55. The van der Waals surface area contributed by atoms with Crippen LogP contribution in [0.4, 0.5) is 0 Å². The molecule has 4 heteroatoms. The zero-order chi connectivity index (χ0) is 13.9. The van der Waals surface area contributed by atoms with Gasteiger partial charge in [0.1, 0.15) is 5.60 Å². The maximum absolute atomic E-state index is 11.2. The fourth-order valence-electron chi connectivity index (χ4n) is 2.14. The van der Waals surface area contributed by atoms with Crippen molar-refractivity contribution in [3.63, 3.8) is 0 Å². The van der Waals surface area contributed by atoms with Gasteiger partial charge in [-0.15, -0.1) is 11.3 Å². The molecule has 1 aromatic carbocycles. The molecular formula is C15H16O3S. The number of hydrogen-bond donors (Lipinski definition) is 2. The minimum Gasteiger partial charge on any atom is -0.478 e. The van der Waals surface area contributed by atoms with Gasteiger partial charge in [-0.2, -0.15) is 0 Å². The Bertz CT molecular complexity index is 562. The highest BCUT2D eigenvalue weighted by Crippen LogP contribution is 2.35. The van der Waals surface area contributed by atoms with Crippen LogP contribution in [-0.4, -0.2) is 16.2 Å². The van der Waals surface area contributed by atoms with E-state index >= 15 is 0 Å². The predicted molar refractivity (Wildman–Crippen MR) is 75.6 cm³/mol. The van der Waals surface area contributed by atoms with Gasteiger partial charge in [0.25, 0.3) is 0 Å². The highest BCUT2D eigenvalue weighted by molar-refractivity contribution is 7.10. The molecule has 0 aliphatic rings. The summed E-state index contributed by atoms with van der Waals surface area (Å²) in [4.78, 5) is 11.7. The quantitative estimate of drug-likeness (QED) is 0.881. The van der Waals surface area contributed by atoms with E-state index in [2.05, 4.69) is 0 Å². The Hall–Kier alpha value is -1.65. The van der Waals surface area contributed by atoms with Crippen LogP contribution in [-0.2, 0) is 12.0 Å². The Balaban J connectivity index is 2.37. The molecule has 1 atom stereocenters. The molecular weight excluding hydrogens is 260 g/mol. The van der Waals surface area contributed by atoms with Gasteiger partial charge in [-0.1, -0.05) is 37.3 Å². The fraction of sp³-hybridized carbons (Fsp3) is 0.267. The molecule has 1 aromatic heterocycles. The lowest BCUT2D eigenvalue weighted by Crippen LogP contribution is -2.28. The van der Waals surface area contributed by atoms with E-state index in [-0.39, 0.29) is 5.56 Å². The average Bonchev–Trinajstić information content (AvgIpc) is 2.90. The van der Waals surface area contributed by atoms with Gasteiger partial charge in [0.05, 0.1) is 10.4 Å². The molecule has 0 aliphatic heterocycles. The lowest BCUT2D eigenvalue weighted by molar-refractivity contribution is 0.0339. The molecule has 0 amide bonds. The highest BCUT2D eigenvalue weighted by atomic mass is 32.1. The molecule has 19 heavy (non-hydrogen) atoms. The van der Waals surface area contributed by atoms with Gasteiger partial charge in [-0.05, 0) is 23.4 Å². The Morgan fingerprint density at radius 3 is 2.53 bits per heavy atom.